The summed E-state index contributed by atoms with van der Waals surface area (Å²) in [7, 11) is 0. The van der Waals surface area contributed by atoms with E-state index in [2.05, 4.69) is 161 Å². The summed E-state index contributed by atoms with van der Waals surface area (Å²) in [5.74, 6) is 0. The Bertz CT molecular complexity index is 3380. The van der Waals surface area contributed by atoms with Crippen molar-refractivity contribution < 1.29 is 20.1 Å². The standard InChI is InChI=1S/C64H44N5.Ir/c1-44-18-33-63(69-43-44)53-31-32-59(60(40-53)50-26-23-48(24-27-50)47-12-4-3-5-13-47)58-15-7-6-14-57(58)55-37-45(19-21-49-25-29-52(39-56(49)42-65)61-16-8-10-34-67-61)36-46(38-55)20-22-51-28-30-54(41-64(51)66-2)62-17-9-11-35-68-62;/h3-18,23-28,32-41,43H,19-22H2,1H3;/q-3;+3. The van der Waals surface area contributed by atoms with Crippen LogP contribution in [0.2, 0.25) is 0 Å². The summed E-state index contributed by atoms with van der Waals surface area (Å²) in [5, 5.41) is 10.3. The Hall–Kier alpha value is -8.38. The van der Waals surface area contributed by atoms with E-state index in [1.54, 1.807) is 12.4 Å². The molecule has 0 aliphatic heterocycles. The molecule has 3 aromatic heterocycles. The number of pyridine rings is 3. The summed E-state index contributed by atoms with van der Waals surface area (Å²) in [6.07, 6.45) is 8.15. The third-order valence-electron chi connectivity index (χ3n) is 12.6. The van der Waals surface area contributed by atoms with Crippen LogP contribution in [0.15, 0.2) is 201 Å². The van der Waals surface area contributed by atoms with Crippen molar-refractivity contribution in [2.45, 2.75) is 32.6 Å². The zero-order valence-electron chi connectivity index (χ0n) is 38.5. The van der Waals surface area contributed by atoms with E-state index in [4.69, 9.17) is 11.6 Å². The molecule has 7 aromatic carbocycles. The molecule has 3 heterocycles. The summed E-state index contributed by atoms with van der Waals surface area (Å²) in [4.78, 5) is 17.7. The first-order valence-corrected chi connectivity index (χ1v) is 23.1. The predicted molar refractivity (Wildman–Crippen MR) is 278 cm³/mol. The predicted octanol–water partition coefficient (Wildman–Crippen LogP) is 15.2. The number of hydrogen-bond acceptors (Lipinski definition) is 4. The fraction of sp³-hybridized carbons (Fsp3) is 0.0781. The van der Waals surface area contributed by atoms with E-state index < -0.39 is 0 Å². The van der Waals surface area contributed by atoms with Gasteiger partial charge in [0.2, 0.25) is 0 Å². The van der Waals surface area contributed by atoms with Crippen LogP contribution in [0.5, 0.6) is 0 Å². The Labute approximate surface area is 424 Å². The number of hydrogen-bond donors (Lipinski definition) is 0. The first kappa shape index (κ1) is 46.7. The minimum atomic E-state index is 0. The minimum absolute atomic E-state index is 0. The number of benzene rings is 7. The molecule has 10 aromatic rings. The molecule has 334 valence electrons. The Balaban J connectivity index is 0.00000608. The molecule has 0 radical (unpaired) electrons. The van der Waals surface area contributed by atoms with Crippen LogP contribution in [0.25, 0.3) is 83.1 Å². The fourth-order valence-corrected chi connectivity index (χ4v) is 8.92. The topological polar surface area (TPSA) is 66.8 Å². The van der Waals surface area contributed by atoms with Gasteiger partial charge in [0, 0.05) is 18.6 Å². The number of nitriles is 1. The molecule has 0 N–H and O–H groups in total. The maximum Gasteiger partial charge on any atom is 3.00 e. The van der Waals surface area contributed by atoms with Crippen LogP contribution in [0.3, 0.4) is 0 Å². The zero-order chi connectivity index (χ0) is 46.9. The SMILES string of the molecule is [C-]#[N+]c1cc(-c2ccccn2)[c-]cc1CCc1cc(CCc2c[c-]c(-c3ccccn3)cc2C#N)cc(-c2ccccc2-c2c[c-]c(-c3ccc(C)cn3)cc2-c2ccc(-c3ccccc3)cc2)c1.[Ir+3]. The van der Waals surface area contributed by atoms with Gasteiger partial charge in [-0.05, 0) is 99.1 Å². The number of aryl methyl sites for hydroxylation is 5. The van der Waals surface area contributed by atoms with E-state index in [0.29, 0.717) is 36.9 Å². The van der Waals surface area contributed by atoms with Crippen LogP contribution in [-0.4, -0.2) is 15.0 Å². The van der Waals surface area contributed by atoms with Gasteiger partial charge in [-0.2, -0.15) is 11.3 Å². The maximum absolute atomic E-state index is 10.3. The van der Waals surface area contributed by atoms with Gasteiger partial charge in [-0.25, -0.2) is 0 Å². The molecule has 0 saturated carbocycles. The van der Waals surface area contributed by atoms with Gasteiger partial charge in [-0.1, -0.05) is 163 Å². The smallest absolute Gasteiger partial charge is 0.305 e. The first-order chi connectivity index (χ1) is 34.0. The molecule has 70 heavy (non-hydrogen) atoms. The molecule has 0 spiro atoms. The quantitative estimate of drug-likeness (QED) is 0.108. The molecule has 0 fully saturated rings. The van der Waals surface area contributed by atoms with E-state index in [1.165, 1.54) is 5.56 Å². The first-order valence-electron chi connectivity index (χ1n) is 23.1. The Morgan fingerprint density at radius 1 is 0.486 bits per heavy atom. The molecule has 0 bridgehead atoms. The second kappa shape index (κ2) is 21.7. The van der Waals surface area contributed by atoms with Crippen LogP contribution in [0.1, 0.15) is 33.4 Å². The van der Waals surface area contributed by atoms with Crippen LogP contribution in [0, 0.1) is 43.0 Å². The van der Waals surface area contributed by atoms with E-state index in [-0.39, 0.29) is 20.1 Å². The Kier molecular flexibility index (Phi) is 14.5. The fourth-order valence-electron chi connectivity index (χ4n) is 8.92. The van der Waals surface area contributed by atoms with E-state index in [1.807, 2.05) is 72.9 Å². The van der Waals surface area contributed by atoms with Crippen molar-refractivity contribution in [3.63, 3.8) is 0 Å². The molecule has 0 aliphatic carbocycles. The minimum Gasteiger partial charge on any atom is -0.305 e. The third-order valence-corrected chi connectivity index (χ3v) is 12.6. The van der Waals surface area contributed by atoms with Gasteiger partial charge in [-0.15, -0.1) is 76.3 Å². The number of nitrogens with zero attached hydrogens (tertiary/aromatic N) is 5. The largest absolute Gasteiger partial charge is 3.00 e. The molecule has 0 aliphatic rings. The van der Waals surface area contributed by atoms with Crippen molar-refractivity contribution in [2.75, 3.05) is 0 Å². The average Bonchev–Trinajstić information content (AvgIpc) is 3.42. The molecule has 5 nitrogen and oxygen atoms in total. The van der Waals surface area contributed by atoms with Gasteiger partial charge in [0.1, 0.15) is 5.69 Å². The number of rotatable bonds is 13. The summed E-state index contributed by atoms with van der Waals surface area (Å²) in [6, 6.07) is 75.3. The van der Waals surface area contributed by atoms with Gasteiger partial charge in [0.05, 0.1) is 12.6 Å². The zero-order valence-corrected chi connectivity index (χ0v) is 40.8. The van der Waals surface area contributed by atoms with Crippen LogP contribution >= 0.6 is 0 Å². The molecular formula is C64H44IrN5. The van der Waals surface area contributed by atoms with Crippen LogP contribution < -0.4 is 0 Å². The number of aromatic nitrogens is 3. The summed E-state index contributed by atoms with van der Waals surface area (Å²) >= 11 is 0. The Morgan fingerprint density at radius 2 is 1.06 bits per heavy atom. The van der Waals surface area contributed by atoms with Crippen molar-refractivity contribution in [1.29, 1.82) is 5.26 Å². The summed E-state index contributed by atoms with van der Waals surface area (Å²) < 4.78 is 0. The van der Waals surface area contributed by atoms with Gasteiger partial charge in [0.25, 0.3) is 0 Å². The third kappa shape index (κ3) is 10.5. The molecule has 0 amide bonds. The molecule has 0 atom stereocenters. The van der Waals surface area contributed by atoms with Crippen LogP contribution in [-0.2, 0) is 45.8 Å². The van der Waals surface area contributed by atoms with Crippen molar-refractivity contribution in [3.05, 3.63) is 264 Å². The van der Waals surface area contributed by atoms with Gasteiger partial charge in [-0.3, -0.25) is 4.85 Å². The Morgan fingerprint density at radius 3 is 1.70 bits per heavy atom. The van der Waals surface area contributed by atoms with Crippen molar-refractivity contribution in [3.8, 4) is 84.3 Å². The molecule has 0 unspecified atom stereocenters. The van der Waals surface area contributed by atoms with E-state index >= 15 is 0 Å². The van der Waals surface area contributed by atoms with Gasteiger partial charge < -0.3 is 15.0 Å². The molecule has 6 heteroatoms. The normalized spacial score (nSPS) is 10.7. The van der Waals surface area contributed by atoms with E-state index in [0.717, 1.165) is 101 Å². The monoisotopic (exact) mass is 1080 g/mol. The summed E-state index contributed by atoms with van der Waals surface area (Å²) in [5.41, 5.74) is 20.3. The molecule has 0 saturated heterocycles. The van der Waals surface area contributed by atoms with Gasteiger partial charge >= 0.3 is 20.1 Å². The molecular weight excluding hydrogens is 1030 g/mol. The second-order valence-electron chi connectivity index (χ2n) is 17.1. The van der Waals surface area contributed by atoms with Crippen molar-refractivity contribution in [1.82, 2.24) is 15.0 Å². The molecule has 10 rings (SSSR count). The van der Waals surface area contributed by atoms with E-state index in [9.17, 15) is 5.26 Å². The van der Waals surface area contributed by atoms with Crippen molar-refractivity contribution >= 4 is 5.69 Å². The summed E-state index contributed by atoms with van der Waals surface area (Å²) in [6.45, 7) is 10.2. The van der Waals surface area contributed by atoms with Gasteiger partial charge in [0.15, 0.2) is 0 Å². The van der Waals surface area contributed by atoms with Crippen molar-refractivity contribution in [2.24, 2.45) is 0 Å². The van der Waals surface area contributed by atoms with Crippen LogP contribution in [0.4, 0.5) is 5.69 Å². The second-order valence-corrected chi connectivity index (χ2v) is 17.1. The maximum atomic E-state index is 10.3. The average molecular weight is 1080 g/mol.